The van der Waals surface area contributed by atoms with Gasteiger partial charge in [0.25, 0.3) is 5.91 Å². The molecule has 3 N–H and O–H groups in total. The van der Waals surface area contributed by atoms with E-state index in [9.17, 15) is 4.79 Å². The average Bonchev–Trinajstić information content (AvgIpc) is 2.93. The number of carbonyl (C=O) groups excluding carboxylic acids is 1. The average molecular weight is 341 g/mol. The molecule has 1 aromatic carbocycles. The van der Waals surface area contributed by atoms with E-state index in [1.54, 1.807) is 6.07 Å². The lowest BCUT2D eigenvalue weighted by Crippen LogP contribution is -2.41. The van der Waals surface area contributed by atoms with Gasteiger partial charge in [0.05, 0.1) is 24.0 Å². The second-order valence-electron chi connectivity index (χ2n) is 5.68. The molecule has 8 heteroatoms. The van der Waals surface area contributed by atoms with E-state index in [1.165, 1.54) is 6.20 Å². The van der Waals surface area contributed by atoms with E-state index in [1.807, 2.05) is 26.0 Å². The van der Waals surface area contributed by atoms with Crippen LogP contribution in [-0.4, -0.2) is 20.3 Å². The van der Waals surface area contributed by atoms with Crippen molar-refractivity contribution in [3.05, 3.63) is 35.7 Å². The highest BCUT2D eigenvalue weighted by atomic mass is 35.5. The first-order chi connectivity index (χ1) is 9.94. The van der Waals surface area contributed by atoms with Gasteiger partial charge in [0.15, 0.2) is 5.69 Å². The summed E-state index contributed by atoms with van der Waals surface area (Å²) < 4.78 is 13.7. The molecule has 2 aromatic rings. The summed E-state index contributed by atoms with van der Waals surface area (Å²) in [4.78, 5) is 12.2. The van der Waals surface area contributed by atoms with Crippen LogP contribution in [0.1, 0.15) is 42.4 Å². The molecule has 1 atom stereocenters. The van der Waals surface area contributed by atoms with Crippen LogP contribution in [0.2, 0.25) is 0 Å². The van der Waals surface area contributed by atoms with Crippen LogP contribution < -0.4 is 15.8 Å². The lowest BCUT2D eigenvalue weighted by Gasteiger charge is -2.37. The topological polar surface area (TPSA) is 90.1 Å². The summed E-state index contributed by atoms with van der Waals surface area (Å²) in [6.45, 7) is 3.99. The third kappa shape index (κ3) is 3.31. The van der Waals surface area contributed by atoms with Gasteiger partial charge in [-0.3, -0.25) is 4.79 Å². The number of ether oxygens (including phenoxy) is 1. The quantitative estimate of drug-likeness (QED) is 0.820. The van der Waals surface area contributed by atoms with Crippen LogP contribution >= 0.6 is 24.1 Å². The van der Waals surface area contributed by atoms with Gasteiger partial charge in [-0.1, -0.05) is 0 Å². The summed E-state index contributed by atoms with van der Waals surface area (Å²) in [6, 6.07) is 5.31. The first-order valence-electron chi connectivity index (χ1n) is 6.61. The maximum Gasteiger partial charge on any atom is 0.273 e. The largest absolute Gasteiger partial charge is 0.487 e. The summed E-state index contributed by atoms with van der Waals surface area (Å²) in [7, 11) is 0. The van der Waals surface area contributed by atoms with Gasteiger partial charge < -0.3 is 15.8 Å². The maximum absolute atomic E-state index is 12.2. The molecule has 1 aliphatic heterocycles. The van der Waals surface area contributed by atoms with E-state index in [-0.39, 0.29) is 30.0 Å². The van der Waals surface area contributed by atoms with Gasteiger partial charge in [-0.05, 0) is 32.0 Å². The third-order valence-corrected chi connectivity index (χ3v) is 3.87. The number of nitrogens with one attached hydrogen (secondary N) is 1. The SMILES string of the molecule is CC1(C)CC(NC(=O)c2cnsn2)c2cc(N)ccc2O1.Cl. The number of aromatic nitrogens is 2. The normalized spacial score (nSPS) is 18.5. The molecule has 2 heterocycles. The second-order valence-corrected chi connectivity index (χ2v) is 6.24. The van der Waals surface area contributed by atoms with Crippen LogP contribution in [-0.2, 0) is 0 Å². The first-order valence-corrected chi connectivity index (χ1v) is 7.34. The molecule has 0 spiro atoms. The Kier molecular flexibility index (Phi) is 4.58. The van der Waals surface area contributed by atoms with Crippen molar-refractivity contribution < 1.29 is 9.53 Å². The Labute approximate surface area is 138 Å². The Bertz CT molecular complexity index is 675. The zero-order valence-corrected chi connectivity index (χ0v) is 13.8. The van der Waals surface area contributed by atoms with E-state index >= 15 is 0 Å². The standard InChI is InChI=1S/C14H16N4O2S.ClH/c1-14(2)6-10(17-13(19)11-7-16-21-18-11)9-5-8(15)3-4-12(9)20-14;/h3-5,7,10H,6,15H2,1-2H3,(H,17,19);1H. The van der Waals surface area contributed by atoms with Gasteiger partial charge in [-0.2, -0.15) is 8.75 Å². The van der Waals surface area contributed by atoms with Crippen molar-refractivity contribution in [2.75, 3.05) is 5.73 Å². The van der Waals surface area contributed by atoms with Gasteiger partial charge in [0.1, 0.15) is 11.4 Å². The fourth-order valence-corrected chi connectivity index (χ4v) is 2.91. The zero-order chi connectivity index (χ0) is 15.0. The van der Waals surface area contributed by atoms with Crippen LogP contribution in [0.15, 0.2) is 24.4 Å². The number of hydrogen-bond acceptors (Lipinski definition) is 6. The molecule has 22 heavy (non-hydrogen) atoms. The van der Waals surface area contributed by atoms with E-state index in [0.717, 1.165) is 23.0 Å². The number of hydrogen-bond donors (Lipinski definition) is 2. The number of rotatable bonds is 2. The van der Waals surface area contributed by atoms with Crippen molar-refractivity contribution in [3.63, 3.8) is 0 Å². The molecule has 0 bridgehead atoms. The summed E-state index contributed by atoms with van der Waals surface area (Å²) in [5.41, 5.74) is 7.36. The monoisotopic (exact) mass is 340 g/mol. The Morgan fingerprint density at radius 3 is 2.95 bits per heavy atom. The predicted octanol–water partition coefficient (Wildman–Crippen LogP) is 2.57. The molecule has 1 aliphatic rings. The number of nitrogen functional groups attached to an aromatic ring is 1. The van der Waals surface area contributed by atoms with Crippen molar-refractivity contribution in [2.24, 2.45) is 0 Å². The Morgan fingerprint density at radius 2 is 2.27 bits per heavy atom. The summed E-state index contributed by atoms with van der Waals surface area (Å²) in [5, 5.41) is 2.99. The fourth-order valence-electron chi connectivity index (χ4n) is 2.50. The molecule has 1 amide bonds. The van der Waals surface area contributed by atoms with E-state index in [0.29, 0.717) is 17.8 Å². The maximum atomic E-state index is 12.2. The number of halogens is 1. The molecule has 1 aromatic heterocycles. The van der Waals surface area contributed by atoms with Crippen molar-refractivity contribution in [1.29, 1.82) is 0 Å². The van der Waals surface area contributed by atoms with Crippen LogP contribution in [0.4, 0.5) is 5.69 Å². The second kappa shape index (κ2) is 6.10. The predicted molar refractivity (Wildman–Crippen MR) is 87.5 cm³/mol. The lowest BCUT2D eigenvalue weighted by molar-refractivity contribution is 0.0619. The molecule has 0 radical (unpaired) electrons. The Balaban J connectivity index is 0.00000176. The van der Waals surface area contributed by atoms with Gasteiger partial charge >= 0.3 is 0 Å². The molecular formula is C14H17ClN4O2S. The number of nitrogens with two attached hydrogens (primary N) is 1. The molecule has 0 fully saturated rings. The van der Waals surface area contributed by atoms with Gasteiger partial charge in [-0.15, -0.1) is 12.4 Å². The molecular weight excluding hydrogens is 324 g/mol. The van der Waals surface area contributed by atoms with Gasteiger partial charge in [-0.25, -0.2) is 0 Å². The van der Waals surface area contributed by atoms with Crippen LogP contribution in [0, 0.1) is 0 Å². The zero-order valence-electron chi connectivity index (χ0n) is 12.2. The molecule has 0 saturated carbocycles. The highest BCUT2D eigenvalue weighted by molar-refractivity contribution is 6.99. The minimum absolute atomic E-state index is 0. The highest BCUT2D eigenvalue weighted by Crippen LogP contribution is 2.40. The molecule has 0 aliphatic carbocycles. The highest BCUT2D eigenvalue weighted by Gasteiger charge is 2.35. The van der Waals surface area contributed by atoms with E-state index in [2.05, 4.69) is 14.1 Å². The fraction of sp³-hybridized carbons (Fsp3) is 0.357. The molecule has 118 valence electrons. The number of anilines is 1. The lowest BCUT2D eigenvalue weighted by atomic mass is 9.89. The summed E-state index contributed by atoms with van der Waals surface area (Å²) in [5.74, 6) is 0.516. The van der Waals surface area contributed by atoms with Crippen molar-refractivity contribution >= 4 is 35.7 Å². The van der Waals surface area contributed by atoms with Gasteiger partial charge in [0.2, 0.25) is 0 Å². The molecule has 6 nitrogen and oxygen atoms in total. The van der Waals surface area contributed by atoms with Crippen molar-refractivity contribution in [3.8, 4) is 5.75 Å². The number of amides is 1. The van der Waals surface area contributed by atoms with Crippen LogP contribution in [0.3, 0.4) is 0 Å². The van der Waals surface area contributed by atoms with E-state index in [4.69, 9.17) is 10.5 Å². The van der Waals surface area contributed by atoms with Gasteiger partial charge in [0, 0.05) is 17.7 Å². The van der Waals surface area contributed by atoms with Crippen LogP contribution in [0.5, 0.6) is 5.75 Å². The molecule has 3 rings (SSSR count). The molecule has 1 unspecified atom stereocenters. The van der Waals surface area contributed by atoms with Crippen LogP contribution in [0.25, 0.3) is 0 Å². The summed E-state index contributed by atoms with van der Waals surface area (Å²) in [6.07, 6.45) is 2.12. The number of carbonyl (C=O) groups is 1. The van der Waals surface area contributed by atoms with E-state index < -0.39 is 0 Å². The third-order valence-electron chi connectivity index (χ3n) is 3.39. The Morgan fingerprint density at radius 1 is 1.50 bits per heavy atom. The Hall–Kier alpha value is -1.86. The smallest absolute Gasteiger partial charge is 0.273 e. The van der Waals surface area contributed by atoms with Crippen molar-refractivity contribution in [2.45, 2.75) is 31.9 Å². The minimum Gasteiger partial charge on any atom is -0.487 e. The molecule has 0 saturated heterocycles. The minimum atomic E-state index is -0.360. The number of nitrogens with zero attached hydrogens (tertiary/aromatic N) is 2. The number of fused-ring (bicyclic) bond motifs is 1. The number of benzene rings is 1. The first kappa shape index (κ1) is 16.5. The van der Waals surface area contributed by atoms with Crippen molar-refractivity contribution in [1.82, 2.24) is 14.1 Å². The summed E-state index contributed by atoms with van der Waals surface area (Å²) >= 11 is 1.01.